The number of nitrogens with zero attached hydrogens (tertiary/aromatic N) is 3. The summed E-state index contributed by atoms with van der Waals surface area (Å²) in [6, 6.07) is 15.3. The van der Waals surface area contributed by atoms with Crippen molar-refractivity contribution in [3.63, 3.8) is 0 Å². The van der Waals surface area contributed by atoms with Gasteiger partial charge in [-0.05, 0) is 36.4 Å². The van der Waals surface area contributed by atoms with Gasteiger partial charge in [-0.3, -0.25) is 9.36 Å². The fourth-order valence-electron chi connectivity index (χ4n) is 4.35. The molecule has 0 bridgehead atoms. The number of pyridine rings is 1. The number of carbonyl (C=O) groups is 1. The topological polar surface area (TPSA) is 63.9 Å². The molecule has 1 saturated heterocycles. The molecule has 2 aromatic heterocycles. The van der Waals surface area contributed by atoms with Crippen LogP contribution in [0.2, 0.25) is 0 Å². The van der Waals surface area contributed by atoms with E-state index in [1.165, 1.54) is 18.4 Å². The van der Waals surface area contributed by atoms with E-state index in [4.69, 9.17) is 9.73 Å². The smallest absolute Gasteiger partial charge is 0.350 e. The average Bonchev–Trinajstić information content (AvgIpc) is 3.38. The molecule has 1 aliphatic heterocycles. The molecule has 0 N–H and O–H groups in total. The minimum Gasteiger partial charge on any atom is -0.465 e. The van der Waals surface area contributed by atoms with E-state index in [-0.39, 0.29) is 5.56 Å². The van der Waals surface area contributed by atoms with Gasteiger partial charge >= 0.3 is 5.97 Å². The van der Waals surface area contributed by atoms with Crippen LogP contribution in [0, 0.1) is 6.92 Å². The number of esters is 1. The van der Waals surface area contributed by atoms with Crippen molar-refractivity contribution in [3.05, 3.63) is 69.3 Å². The molecule has 0 radical (unpaired) electrons. The summed E-state index contributed by atoms with van der Waals surface area (Å²) < 4.78 is 6.83. The lowest BCUT2D eigenvalue weighted by Gasteiger charge is -2.13. The van der Waals surface area contributed by atoms with E-state index in [1.54, 1.807) is 4.57 Å². The molecule has 32 heavy (non-hydrogen) atoms. The van der Waals surface area contributed by atoms with Crippen molar-refractivity contribution in [1.82, 2.24) is 9.47 Å². The molecule has 0 atom stereocenters. The third-order valence-corrected chi connectivity index (χ3v) is 7.14. The van der Waals surface area contributed by atoms with Crippen LogP contribution in [0.1, 0.15) is 28.1 Å². The van der Waals surface area contributed by atoms with Gasteiger partial charge in [0.2, 0.25) is 0 Å². The number of amidine groups is 1. The van der Waals surface area contributed by atoms with Gasteiger partial charge in [0, 0.05) is 30.8 Å². The Kier molecular flexibility index (Phi) is 5.06. The van der Waals surface area contributed by atoms with Crippen molar-refractivity contribution in [2.75, 3.05) is 20.7 Å². The first-order chi connectivity index (χ1) is 15.5. The maximum absolute atomic E-state index is 13.7. The Morgan fingerprint density at radius 1 is 1.09 bits per heavy atom. The maximum Gasteiger partial charge on any atom is 0.350 e. The second kappa shape index (κ2) is 7.91. The summed E-state index contributed by atoms with van der Waals surface area (Å²) in [4.78, 5) is 34.7. The number of aliphatic imine (C=N–C) groups is 1. The molecule has 0 amide bonds. The average molecular weight is 446 g/mol. The van der Waals surface area contributed by atoms with Crippen molar-refractivity contribution in [2.24, 2.45) is 4.99 Å². The number of benzene rings is 2. The molecule has 6 nitrogen and oxygen atoms in total. The van der Waals surface area contributed by atoms with Gasteiger partial charge < -0.3 is 9.64 Å². The second-order valence-corrected chi connectivity index (χ2v) is 8.98. The van der Waals surface area contributed by atoms with Crippen LogP contribution in [0.15, 0.2) is 58.3 Å². The summed E-state index contributed by atoms with van der Waals surface area (Å²) in [6.45, 7) is 2.91. The Balaban J connectivity index is 1.99. The number of ether oxygens (including phenoxy) is 1. The van der Waals surface area contributed by atoms with Crippen LogP contribution in [0.5, 0.6) is 0 Å². The first-order valence-corrected chi connectivity index (χ1v) is 11.4. The van der Waals surface area contributed by atoms with Crippen LogP contribution in [-0.2, 0) is 4.74 Å². The third-order valence-electron chi connectivity index (χ3n) is 6.00. The number of rotatable bonds is 3. The highest BCUT2D eigenvalue weighted by Gasteiger charge is 2.26. The van der Waals surface area contributed by atoms with Gasteiger partial charge in [0.05, 0.1) is 12.8 Å². The molecular formula is C25H23N3O3S. The van der Waals surface area contributed by atoms with Gasteiger partial charge in [-0.1, -0.05) is 36.4 Å². The Morgan fingerprint density at radius 2 is 1.81 bits per heavy atom. The van der Waals surface area contributed by atoms with Crippen LogP contribution >= 0.6 is 11.3 Å². The summed E-state index contributed by atoms with van der Waals surface area (Å²) in [5, 5.41) is 2.20. The van der Waals surface area contributed by atoms with Gasteiger partial charge in [0.1, 0.15) is 21.2 Å². The summed E-state index contributed by atoms with van der Waals surface area (Å²) in [5.74, 6) is 0.492. The largest absolute Gasteiger partial charge is 0.465 e. The highest BCUT2D eigenvalue weighted by atomic mass is 32.1. The molecule has 1 aliphatic rings. The number of aryl methyl sites for hydroxylation is 1. The Morgan fingerprint density at radius 3 is 2.50 bits per heavy atom. The molecule has 0 saturated carbocycles. The van der Waals surface area contributed by atoms with Gasteiger partial charge in [0.25, 0.3) is 5.56 Å². The molecule has 0 aliphatic carbocycles. The fraction of sp³-hybridized carbons (Fsp3) is 0.240. The third kappa shape index (κ3) is 3.12. The highest BCUT2D eigenvalue weighted by molar-refractivity contribution is 7.21. The molecule has 5 rings (SSSR count). The molecule has 3 heterocycles. The monoisotopic (exact) mass is 445 g/mol. The number of para-hydroxylation sites is 1. The minimum absolute atomic E-state index is 0.114. The van der Waals surface area contributed by atoms with E-state index in [2.05, 4.69) is 4.90 Å². The second-order valence-electron chi connectivity index (χ2n) is 7.98. The first-order valence-electron chi connectivity index (χ1n) is 10.5. The number of carbonyl (C=O) groups excluding carboxylic acids is 1. The summed E-state index contributed by atoms with van der Waals surface area (Å²) in [5.41, 5.74) is 2.24. The van der Waals surface area contributed by atoms with E-state index >= 15 is 0 Å². The molecular weight excluding hydrogens is 422 g/mol. The van der Waals surface area contributed by atoms with Crippen molar-refractivity contribution in [1.29, 1.82) is 0 Å². The Hall–Kier alpha value is -3.45. The lowest BCUT2D eigenvalue weighted by Crippen LogP contribution is -2.19. The zero-order valence-electron chi connectivity index (χ0n) is 18.2. The highest BCUT2D eigenvalue weighted by Crippen LogP contribution is 2.43. The quantitative estimate of drug-likeness (QED) is 0.414. The molecule has 0 spiro atoms. The Bertz CT molecular complexity index is 1460. The SMILES string of the molecule is COC(=O)c1sc2c(c1/N=C1\CCCN1C)c1ccccc1c(=O)n2-c1ccccc1C. The summed E-state index contributed by atoms with van der Waals surface area (Å²) >= 11 is 1.26. The van der Waals surface area contributed by atoms with Gasteiger partial charge in [-0.15, -0.1) is 11.3 Å². The predicted molar refractivity (Wildman–Crippen MR) is 130 cm³/mol. The lowest BCUT2D eigenvalue weighted by molar-refractivity contribution is 0.0607. The zero-order valence-corrected chi connectivity index (χ0v) is 19.0. The van der Waals surface area contributed by atoms with E-state index in [1.807, 2.05) is 62.5 Å². The van der Waals surface area contributed by atoms with Crippen molar-refractivity contribution < 1.29 is 9.53 Å². The summed E-state index contributed by atoms with van der Waals surface area (Å²) in [6.07, 6.45) is 1.88. The normalized spacial score (nSPS) is 15.2. The number of hydrogen-bond acceptors (Lipinski definition) is 5. The number of aromatic nitrogens is 1. The van der Waals surface area contributed by atoms with Crippen LogP contribution in [-0.4, -0.2) is 42.0 Å². The van der Waals surface area contributed by atoms with Crippen molar-refractivity contribution >= 4 is 49.8 Å². The number of methoxy groups -OCH3 is 1. The molecule has 2 aromatic carbocycles. The number of fused-ring (bicyclic) bond motifs is 3. The molecule has 162 valence electrons. The van der Waals surface area contributed by atoms with E-state index < -0.39 is 5.97 Å². The van der Waals surface area contributed by atoms with Crippen LogP contribution < -0.4 is 5.56 Å². The van der Waals surface area contributed by atoms with Crippen molar-refractivity contribution in [2.45, 2.75) is 19.8 Å². The van der Waals surface area contributed by atoms with E-state index in [9.17, 15) is 9.59 Å². The predicted octanol–water partition coefficient (Wildman–Crippen LogP) is 5.06. The zero-order chi connectivity index (χ0) is 22.4. The van der Waals surface area contributed by atoms with Gasteiger partial charge in [-0.25, -0.2) is 9.79 Å². The van der Waals surface area contributed by atoms with Crippen LogP contribution in [0.25, 0.3) is 26.7 Å². The number of hydrogen-bond donors (Lipinski definition) is 0. The molecule has 4 aromatic rings. The van der Waals surface area contributed by atoms with E-state index in [0.29, 0.717) is 20.8 Å². The standard InChI is InChI=1S/C25H23N3O3S/c1-15-9-4-7-12-18(15)28-23(29)17-11-6-5-10-16(17)20-21(26-19-13-8-14-27(19)2)22(25(30)31-3)32-24(20)28/h4-7,9-12H,8,13-14H2,1-3H3/b26-19+. The number of likely N-dealkylation sites (tertiary alicyclic amines) is 1. The minimum atomic E-state index is -0.445. The summed E-state index contributed by atoms with van der Waals surface area (Å²) in [7, 11) is 3.39. The molecule has 1 fully saturated rings. The maximum atomic E-state index is 13.7. The molecule has 7 heteroatoms. The lowest BCUT2D eigenvalue weighted by atomic mass is 10.1. The van der Waals surface area contributed by atoms with Gasteiger partial charge in [-0.2, -0.15) is 0 Å². The Labute approximate surface area is 189 Å². The van der Waals surface area contributed by atoms with Crippen LogP contribution in [0.3, 0.4) is 0 Å². The number of thiophene rings is 1. The van der Waals surface area contributed by atoms with Crippen molar-refractivity contribution in [3.8, 4) is 5.69 Å². The molecule has 0 unspecified atom stereocenters. The first kappa shape index (κ1) is 20.5. The van der Waals surface area contributed by atoms with Crippen LogP contribution in [0.4, 0.5) is 5.69 Å². The van der Waals surface area contributed by atoms with Gasteiger partial charge in [0.15, 0.2) is 0 Å². The fourth-order valence-corrected chi connectivity index (χ4v) is 5.53. The van der Waals surface area contributed by atoms with E-state index in [0.717, 1.165) is 47.2 Å².